The van der Waals surface area contributed by atoms with Gasteiger partial charge in [-0.25, -0.2) is 9.78 Å². The molecule has 3 rings (SSSR count). The van der Waals surface area contributed by atoms with Gasteiger partial charge in [-0.05, 0) is 37.1 Å². The lowest BCUT2D eigenvalue weighted by Gasteiger charge is -2.21. The molecule has 0 spiro atoms. The van der Waals surface area contributed by atoms with E-state index in [1.54, 1.807) is 19.5 Å². The molecule has 0 bridgehead atoms. The van der Waals surface area contributed by atoms with Crippen LogP contribution in [-0.4, -0.2) is 47.2 Å². The molecule has 0 saturated carbocycles. The highest BCUT2D eigenvalue weighted by molar-refractivity contribution is 5.93. The van der Waals surface area contributed by atoms with Gasteiger partial charge < -0.3 is 23.9 Å². The van der Waals surface area contributed by atoms with E-state index in [4.69, 9.17) is 14.2 Å². The molecule has 0 amide bonds. The summed E-state index contributed by atoms with van der Waals surface area (Å²) in [6.07, 6.45) is 5.36. The maximum absolute atomic E-state index is 11.9. The summed E-state index contributed by atoms with van der Waals surface area (Å²) >= 11 is 0. The van der Waals surface area contributed by atoms with E-state index in [9.17, 15) is 9.90 Å². The van der Waals surface area contributed by atoms with Crippen molar-refractivity contribution in [1.29, 1.82) is 0 Å². The standard InChI is InChI=1S/C20H24N2O5/c1-4-15(20-26-7-8-27-20)16(19(23)24)9-14-5-6-17(18(10-14)25-3)22-11-13(2)21-12-22/h5-6,9-12,15,20H,4,7-8H2,1-3H3,(H,23,24). The van der Waals surface area contributed by atoms with E-state index in [0.717, 1.165) is 16.9 Å². The molecule has 1 unspecified atom stereocenters. The van der Waals surface area contributed by atoms with Gasteiger partial charge in [-0.2, -0.15) is 0 Å². The van der Waals surface area contributed by atoms with Crippen molar-refractivity contribution in [3.8, 4) is 11.4 Å². The largest absolute Gasteiger partial charge is 0.495 e. The van der Waals surface area contributed by atoms with Crippen molar-refractivity contribution in [2.24, 2.45) is 5.92 Å². The summed E-state index contributed by atoms with van der Waals surface area (Å²) in [6.45, 7) is 4.82. The van der Waals surface area contributed by atoms with E-state index in [0.29, 0.717) is 25.4 Å². The Morgan fingerprint density at radius 1 is 1.44 bits per heavy atom. The molecule has 1 aliphatic heterocycles. The molecule has 1 aromatic carbocycles. The first kappa shape index (κ1) is 19.1. The summed E-state index contributed by atoms with van der Waals surface area (Å²) < 4.78 is 18.4. The summed E-state index contributed by atoms with van der Waals surface area (Å²) in [5.74, 6) is -0.687. The first-order chi connectivity index (χ1) is 13.0. The van der Waals surface area contributed by atoms with Crippen molar-refractivity contribution >= 4 is 12.0 Å². The fourth-order valence-corrected chi connectivity index (χ4v) is 3.23. The third kappa shape index (κ3) is 4.20. The van der Waals surface area contributed by atoms with E-state index in [2.05, 4.69) is 4.98 Å². The van der Waals surface area contributed by atoms with Crippen LogP contribution >= 0.6 is 0 Å². The fourth-order valence-electron chi connectivity index (χ4n) is 3.23. The molecule has 144 valence electrons. The maximum atomic E-state index is 11.9. The molecule has 2 aromatic rings. The summed E-state index contributed by atoms with van der Waals surface area (Å²) in [7, 11) is 1.59. The Kier molecular flexibility index (Phi) is 5.93. The maximum Gasteiger partial charge on any atom is 0.332 e. The molecule has 0 aliphatic carbocycles. The second-order valence-corrected chi connectivity index (χ2v) is 6.38. The molecule has 1 aromatic heterocycles. The van der Waals surface area contributed by atoms with Crippen LogP contribution in [0, 0.1) is 12.8 Å². The summed E-state index contributed by atoms with van der Waals surface area (Å²) in [4.78, 5) is 16.1. The molecule has 7 heteroatoms. The van der Waals surface area contributed by atoms with E-state index in [1.165, 1.54) is 0 Å². The molecular formula is C20H24N2O5. The Morgan fingerprint density at radius 3 is 2.74 bits per heavy atom. The van der Waals surface area contributed by atoms with Crippen LogP contribution in [0.25, 0.3) is 11.8 Å². The fraction of sp³-hybridized carbons (Fsp3) is 0.400. The van der Waals surface area contributed by atoms with Crippen molar-refractivity contribution in [1.82, 2.24) is 9.55 Å². The number of benzene rings is 1. The van der Waals surface area contributed by atoms with Crippen LogP contribution in [0.5, 0.6) is 5.75 Å². The lowest BCUT2D eigenvalue weighted by atomic mass is 9.93. The number of methoxy groups -OCH3 is 1. The van der Waals surface area contributed by atoms with Crippen LogP contribution in [0.1, 0.15) is 24.6 Å². The molecule has 7 nitrogen and oxygen atoms in total. The monoisotopic (exact) mass is 372 g/mol. The van der Waals surface area contributed by atoms with Gasteiger partial charge in [0.15, 0.2) is 6.29 Å². The third-order valence-corrected chi connectivity index (χ3v) is 4.58. The van der Waals surface area contributed by atoms with Crippen LogP contribution < -0.4 is 4.74 Å². The van der Waals surface area contributed by atoms with Gasteiger partial charge in [0, 0.05) is 17.7 Å². The van der Waals surface area contributed by atoms with Gasteiger partial charge in [0.2, 0.25) is 0 Å². The average Bonchev–Trinajstić information content (AvgIpc) is 3.33. The number of aliphatic carboxylic acids is 1. The number of ether oxygens (including phenoxy) is 3. The normalized spacial score (nSPS) is 16.5. The van der Waals surface area contributed by atoms with Crippen molar-refractivity contribution in [2.45, 2.75) is 26.6 Å². The van der Waals surface area contributed by atoms with Crippen LogP contribution in [0.3, 0.4) is 0 Å². The zero-order chi connectivity index (χ0) is 19.4. The zero-order valence-electron chi connectivity index (χ0n) is 15.7. The van der Waals surface area contributed by atoms with E-state index in [1.807, 2.05) is 42.8 Å². The highest BCUT2D eigenvalue weighted by Crippen LogP contribution is 2.30. The molecule has 1 aliphatic rings. The molecule has 0 radical (unpaired) electrons. The number of carbonyl (C=O) groups is 1. The zero-order valence-corrected chi connectivity index (χ0v) is 15.7. The Balaban J connectivity index is 1.96. The number of aryl methyl sites for hydroxylation is 1. The first-order valence-electron chi connectivity index (χ1n) is 8.90. The Bertz CT molecular complexity index is 837. The number of aromatic nitrogens is 2. The van der Waals surface area contributed by atoms with Crippen molar-refractivity contribution in [3.05, 3.63) is 47.6 Å². The highest BCUT2D eigenvalue weighted by Gasteiger charge is 2.31. The molecule has 2 heterocycles. The van der Waals surface area contributed by atoms with Crippen molar-refractivity contribution < 1.29 is 24.1 Å². The lowest BCUT2D eigenvalue weighted by molar-refractivity contribution is -0.136. The summed E-state index contributed by atoms with van der Waals surface area (Å²) in [5.41, 5.74) is 2.73. The molecule has 1 N–H and O–H groups in total. The number of imidazole rings is 1. The van der Waals surface area contributed by atoms with Gasteiger partial charge in [0.05, 0.1) is 38.0 Å². The number of carboxylic acid groups (broad SMARTS) is 1. The Labute approximate surface area is 158 Å². The van der Waals surface area contributed by atoms with Gasteiger partial charge in [0.25, 0.3) is 0 Å². The minimum atomic E-state index is -0.978. The van der Waals surface area contributed by atoms with Crippen LogP contribution in [0.4, 0.5) is 0 Å². The van der Waals surface area contributed by atoms with Gasteiger partial charge in [-0.1, -0.05) is 13.0 Å². The SMILES string of the molecule is CCC(C(=Cc1ccc(-n2cnc(C)c2)c(OC)c1)C(=O)O)C1OCCO1. The van der Waals surface area contributed by atoms with Crippen molar-refractivity contribution in [3.63, 3.8) is 0 Å². The van der Waals surface area contributed by atoms with Crippen LogP contribution in [0.15, 0.2) is 36.3 Å². The van der Waals surface area contributed by atoms with E-state index in [-0.39, 0.29) is 11.5 Å². The second-order valence-electron chi connectivity index (χ2n) is 6.38. The van der Waals surface area contributed by atoms with Gasteiger partial charge in [-0.15, -0.1) is 0 Å². The molecule has 1 fully saturated rings. The van der Waals surface area contributed by atoms with Crippen LogP contribution in [0.2, 0.25) is 0 Å². The van der Waals surface area contributed by atoms with Crippen molar-refractivity contribution in [2.75, 3.05) is 20.3 Å². The van der Waals surface area contributed by atoms with Crippen LogP contribution in [-0.2, 0) is 14.3 Å². The Morgan fingerprint density at radius 2 is 2.19 bits per heavy atom. The smallest absolute Gasteiger partial charge is 0.332 e. The van der Waals surface area contributed by atoms with Gasteiger partial charge in [0.1, 0.15) is 5.75 Å². The predicted molar refractivity (Wildman–Crippen MR) is 99.9 cm³/mol. The molecule has 1 saturated heterocycles. The number of rotatable bonds is 7. The Hall–Kier alpha value is -2.64. The van der Waals surface area contributed by atoms with Gasteiger partial charge >= 0.3 is 5.97 Å². The minimum absolute atomic E-state index is 0.262. The van der Waals surface area contributed by atoms with Gasteiger partial charge in [-0.3, -0.25) is 0 Å². The lowest BCUT2D eigenvalue weighted by Crippen LogP contribution is -2.26. The minimum Gasteiger partial charge on any atom is -0.495 e. The second kappa shape index (κ2) is 8.37. The number of nitrogens with zero attached hydrogens (tertiary/aromatic N) is 2. The first-order valence-corrected chi connectivity index (χ1v) is 8.90. The number of hydrogen-bond donors (Lipinski definition) is 1. The summed E-state index contributed by atoms with van der Waals surface area (Å²) in [6, 6.07) is 5.56. The average molecular weight is 372 g/mol. The number of carboxylic acids is 1. The topological polar surface area (TPSA) is 82.8 Å². The molecular weight excluding hydrogens is 348 g/mol. The highest BCUT2D eigenvalue weighted by atomic mass is 16.7. The van der Waals surface area contributed by atoms with E-state index < -0.39 is 12.3 Å². The quantitative estimate of drug-likeness (QED) is 0.752. The molecule has 27 heavy (non-hydrogen) atoms. The molecule has 1 atom stereocenters. The third-order valence-electron chi connectivity index (χ3n) is 4.58. The number of hydrogen-bond acceptors (Lipinski definition) is 5. The predicted octanol–water partition coefficient (Wildman–Crippen LogP) is 3.06. The summed E-state index contributed by atoms with van der Waals surface area (Å²) in [5, 5.41) is 9.74. The van der Waals surface area contributed by atoms with E-state index >= 15 is 0 Å².